The fourth-order valence-electron chi connectivity index (χ4n) is 4.13. The number of rotatable bonds is 6. The molecule has 4 aromatic rings. The maximum Gasteiger partial charge on any atom is 0.302 e. The number of nitrogens with zero attached hydrogens (tertiary/aromatic N) is 2. The molecule has 1 aromatic heterocycles. The number of benzene rings is 3. The number of aliphatic hydroxyl groups is 1. The summed E-state index contributed by atoms with van der Waals surface area (Å²) in [6, 6.07) is 21.0. The lowest BCUT2D eigenvalue weighted by atomic mass is 9.95. The van der Waals surface area contributed by atoms with Crippen molar-refractivity contribution >= 4 is 46.3 Å². The number of fused-ring (bicyclic) bond motifs is 1. The van der Waals surface area contributed by atoms with Crippen molar-refractivity contribution in [1.29, 1.82) is 0 Å². The predicted octanol–water partition coefficient (Wildman–Crippen LogP) is 5.14. The van der Waals surface area contributed by atoms with E-state index in [9.17, 15) is 9.90 Å². The molecule has 0 radical (unpaired) electrons. The number of oxazole rings is 1. The molecule has 0 spiro atoms. The van der Waals surface area contributed by atoms with Crippen LogP contribution in [0.4, 0.5) is 11.7 Å². The highest BCUT2D eigenvalue weighted by atomic mass is 35.5. The van der Waals surface area contributed by atoms with Crippen LogP contribution in [0.15, 0.2) is 93.5 Å². The first-order valence-corrected chi connectivity index (χ1v) is 11.9. The fourth-order valence-corrected chi connectivity index (χ4v) is 4.36. The summed E-state index contributed by atoms with van der Waals surface area (Å²) in [5.74, 6) is -0.0592. The molecule has 5 rings (SSSR count). The van der Waals surface area contributed by atoms with E-state index in [2.05, 4.69) is 20.9 Å². The molecule has 1 aliphatic rings. The van der Waals surface area contributed by atoms with E-state index >= 15 is 0 Å². The number of anilines is 2. The summed E-state index contributed by atoms with van der Waals surface area (Å²) in [6.45, 7) is 1.77. The van der Waals surface area contributed by atoms with E-state index in [1.54, 1.807) is 37.3 Å². The second-order valence-electron chi connectivity index (χ2n) is 8.31. The third-order valence-corrected chi connectivity index (χ3v) is 6.25. The van der Waals surface area contributed by atoms with Gasteiger partial charge in [0.2, 0.25) is 5.96 Å². The van der Waals surface area contributed by atoms with Crippen LogP contribution in [0.5, 0.6) is 0 Å². The Morgan fingerprint density at radius 3 is 2.62 bits per heavy atom. The number of aromatic nitrogens is 1. The summed E-state index contributed by atoms with van der Waals surface area (Å²) in [4.78, 5) is 22.8. The normalized spacial score (nSPS) is 16.2. The number of para-hydroxylation sites is 3. The number of methoxy groups -OCH3 is 1. The average molecular weight is 518 g/mol. The third-order valence-electron chi connectivity index (χ3n) is 5.90. The molecule has 10 heteroatoms. The number of halogens is 1. The van der Waals surface area contributed by atoms with Crippen LogP contribution in [0.2, 0.25) is 5.02 Å². The van der Waals surface area contributed by atoms with Gasteiger partial charge in [-0.15, -0.1) is 0 Å². The van der Waals surface area contributed by atoms with Crippen LogP contribution in [0.25, 0.3) is 11.1 Å². The summed E-state index contributed by atoms with van der Waals surface area (Å²) in [7, 11) is 1.38. The third kappa shape index (κ3) is 5.05. The number of aliphatic imine (C=N–C) groups is 1. The number of hydrogen-bond acceptors (Lipinski definition) is 8. The monoisotopic (exact) mass is 517 g/mol. The minimum absolute atomic E-state index is 0.258. The minimum Gasteiger partial charge on any atom is -0.423 e. The van der Waals surface area contributed by atoms with E-state index in [0.29, 0.717) is 50.2 Å². The van der Waals surface area contributed by atoms with Crippen molar-refractivity contribution in [3.63, 3.8) is 0 Å². The average Bonchev–Trinajstić information content (AvgIpc) is 3.30. The quantitative estimate of drug-likeness (QED) is 0.261. The molecule has 0 bridgehead atoms. The topological polar surface area (TPSA) is 121 Å². The number of aliphatic hydroxyl groups excluding tert-OH is 1. The van der Waals surface area contributed by atoms with Gasteiger partial charge in [0.25, 0.3) is 5.91 Å². The van der Waals surface area contributed by atoms with Crippen molar-refractivity contribution in [3.05, 3.63) is 100 Å². The van der Waals surface area contributed by atoms with Crippen LogP contribution in [0, 0.1) is 0 Å². The van der Waals surface area contributed by atoms with Gasteiger partial charge in [0, 0.05) is 34.6 Å². The zero-order valence-corrected chi connectivity index (χ0v) is 20.8. The van der Waals surface area contributed by atoms with Crippen molar-refractivity contribution in [2.24, 2.45) is 4.99 Å². The van der Waals surface area contributed by atoms with Crippen molar-refractivity contribution in [3.8, 4) is 0 Å². The maximum absolute atomic E-state index is 13.6. The summed E-state index contributed by atoms with van der Waals surface area (Å²) in [6.07, 6.45) is -1.19. The number of amides is 1. The fraction of sp³-hybridized carbons (Fsp3) is 0.148. The lowest BCUT2D eigenvalue weighted by Gasteiger charge is -2.27. The van der Waals surface area contributed by atoms with Crippen LogP contribution < -0.4 is 16.0 Å². The van der Waals surface area contributed by atoms with Crippen molar-refractivity contribution in [1.82, 2.24) is 10.3 Å². The number of allylic oxidation sites excluding steroid dienone is 1. The van der Waals surface area contributed by atoms with E-state index in [0.717, 1.165) is 0 Å². The molecule has 2 atom stereocenters. The molecule has 4 N–H and O–H groups in total. The van der Waals surface area contributed by atoms with Gasteiger partial charge in [0.05, 0.1) is 5.57 Å². The zero-order chi connectivity index (χ0) is 25.9. The number of nitrogens with one attached hydrogen (secondary N) is 3. The molecular formula is C27H24ClN5O4. The first-order chi connectivity index (χ1) is 17.9. The molecule has 0 aliphatic carbocycles. The van der Waals surface area contributed by atoms with E-state index in [1.165, 1.54) is 7.11 Å². The molecule has 0 saturated heterocycles. The summed E-state index contributed by atoms with van der Waals surface area (Å²) in [5, 5.41) is 19.8. The SMILES string of the molecule is COC(O)c1ccccc1NC(=O)C1=C(C)NC(Nc2nc3ccccc3o2)=NC1c1ccccc1Cl. The van der Waals surface area contributed by atoms with Crippen molar-refractivity contribution in [2.75, 3.05) is 17.7 Å². The Morgan fingerprint density at radius 2 is 1.84 bits per heavy atom. The molecule has 1 amide bonds. The molecule has 9 nitrogen and oxygen atoms in total. The molecule has 3 aromatic carbocycles. The number of hydrogen-bond donors (Lipinski definition) is 4. The highest BCUT2D eigenvalue weighted by Crippen LogP contribution is 2.36. The van der Waals surface area contributed by atoms with Gasteiger partial charge in [-0.05, 0) is 31.2 Å². The van der Waals surface area contributed by atoms with Crippen molar-refractivity contribution in [2.45, 2.75) is 19.3 Å². The Kier molecular flexibility index (Phi) is 6.91. The lowest BCUT2D eigenvalue weighted by molar-refractivity contribution is -0.113. The lowest BCUT2D eigenvalue weighted by Crippen LogP contribution is -2.37. The second-order valence-corrected chi connectivity index (χ2v) is 8.71. The van der Waals surface area contributed by atoms with Crippen molar-refractivity contribution < 1.29 is 19.1 Å². The molecule has 188 valence electrons. The van der Waals surface area contributed by atoms with Crippen LogP contribution >= 0.6 is 11.6 Å². The van der Waals surface area contributed by atoms with E-state index in [1.807, 2.05) is 42.5 Å². The smallest absolute Gasteiger partial charge is 0.302 e. The zero-order valence-electron chi connectivity index (χ0n) is 20.0. The van der Waals surface area contributed by atoms with Gasteiger partial charge < -0.3 is 24.9 Å². The van der Waals surface area contributed by atoms with Crippen LogP contribution in [0.3, 0.4) is 0 Å². The first kappa shape index (κ1) is 24.5. The molecule has 37 heavy (non-hydrogen) atoms. The molecule has 0 fully saturated rings. The maximum atomic E-state index is 13.6. The minimum atomic E-state index is -1.19. The van der Waals surface area contributed by atoms with E-state index < -0.39 is 18.2 Å². The number of ether oxygens (including phenoxy) is 1. The highest BCUT2D eigenvalue weighted by molar-refractivity contribution is 6.31. The molecular weight excluding hydrogens is 494 g/mol. The largest absolute Gasteiger partial charge is 0.423 e. The summed E-state index contributed by atoms with van der Waals surface area (Å²) >= 11 is 6.54. The molecule has 0 saturated carbocycles. The van der Waals surface area contributed by atoms with Gasteiger partial charge in [0.15, 0.2) is 11.9 Å². The van der Waals surface area contributed by atoms with Gasteiger partial charge in [-0.2, -0.15) is 4.98 Å². The Bertz CT molecular complexity index is 1500. The number of carbonyl (C=O) groups excluding carboxylic acids is 1. The van der Waals surface area contributed by atoms with Gasteiger partial charge >= 0.3 is 6.01 Å². The highest BCUT2D eigenvalue weighted by Gasteiger charge is 2.31. The number of carbonyl (C=O) groups is 1. The van der Waals surface area contributed by atoms with Crippen LogP contribution in [-0.4, -0.2) is 29.1 Å². The van der Waals surface area contributed by atoms with Gasteiger partial charge in [-0.25, -0.2) is 4.99 Å². The Hall–Kier alpha value is -4.18. The second kappa shape index (κ2) is 10.4. The van der Waals surface area contributed by atoms with E-state index in [4.69, 9.17) is 25.7 Å². The Balaban J connectivity index is 1.49. The van der Waals surface area contributed by atoms with Gasteiger partial charge in [-0.1, -0.05) is 60.1 Å². The van der Waals surface area contributed by atoms with Gasteiger partial charge in [-0.3, -0.25) is 10.1 Å². The van der Waals surface area contributed by atoms with E-state index in [-0.39, 0.29) is 6.01 Å². The first-order valence-electron chi connectivity index (χ1n) is 11.5. The predicted molar refractivity (Wildman–Crippen MR) is 142 cm³/mol. The van der Waals surface area contributed by atoms with Crippen LogP contribution in [0.1, 0.15) is 30.4 Å². The standard InChI is InChI=1S/C27H24ClN5O4/c1-15-22(24(34)30-19-12-6-4-10-17(19)25(35)36-2)23(16-9-3-5-11-18(16)28)32-26(29-15)33-27-31-20-13-7-8-14-21(20)37-27/h3-14,23,25,35H,1-2H3,(H,30,34)(H2,29,31,32,33). The Labute approximate surface area is 217 Å². The molecule has 2 unspecified atom stereocenters. The number of guanidine groups is 1. The van der Waals surface area contributed by atoms with Crippen LogP contribution in [-0.2, 0) is 9.53 Å². The Morgan fingerprint density at radius 1 is 1.11 bits per heavy atom. The van der Waals surface area contributed by atoms with Gasteiger partial charge in [0.1, 0.15) is 11.6 Å². The summed E-state index contributed by atoms with van der Waals surface area (Å²) < 4.78 is 10.8. The summed E-state index contributed by atoms with van der Waals surface area (Å²) in [5.41, 5.74) is 3.74. The molecule has 1 aliphatic heterocycles. The molecule has 2 heterocycles.